The zero-order valence-electron chi connectivity index (χ0n) is 15.0. The normalized spacial score (nSPS) is 21.6. The van der Waals surface area contributed by atoms with Crippen LogP contribution in [0.25, 0.3) is 11.4 Å². The number of halogens is 1. The van der Waals surface area contributed by atoms with Crippen molar-refractivity contribution in [2.24, 2.45) is 11.7 Å². The molecule has 0 bridgehead atoms. The van der Waals surface area contributed by atoms with Crippen molar-refractivity contribution in [2.45, 2.75) is 64.7 Å². The summed E-state index contributed by atoms with van der Waals surface area (Å²) in [7, 11) is 0. The Bertz CT molecular complexity index is 644. The van der Waals surface area contributed by atoms with Crippen molar-refractivity contribution >= 4 is 12.4 Å². The van der Waals surface area contributed by atoms with Gasteiger partial charge >= 0.3 is 0 Å². The highest BCUT2D eigenvalue weighted by atomic mass is 35.5. The molecular weight excluding hydrogens is 338 g/mol. The van der Waals surface area contributed by atoms with Crippen LogP contribution in [0.15, 0.2) is 28.8 Å². The van der Waals surface area contributed by atoms with Gasteiger partial charge in [0.25, 0.3) is 5.89 Å². The van der Waals surface area contributed by atoms with Crippen LogP contribution in [0.2, 0.25) is 0 Å². The van der Waals surface area contributed by atoms with Gasteiger partial charge < -0.3 is 15.0 Å². The van der Waals surface area contributed by atoms with E-state index < -0.39 is 0 Å². The summed E-state index contributed by atoms with van der Waals surface area (Å²) < 4.78 is 11.8. The second-order valence-corrected chi connectivity index (χ2v) is 6.78. The summed E-state index contributed by atoms with van der Waals surface area (Å²) in [6.45, 7) is 4.92. The van der Waals surface area contributed by atoms with Crippen molar-refractivity contribution in [3.63, 3.8) is 0 Å². The Morgan fingerprint density at radius 1 is 1.28 bits per heavy atom. The lowest BCUT2D eigenvalue weighted by atomic mass is 9.88. The molecule has 3 unspecified atom stereocenters. The van der Waals surface area contributed by atoms with Crippen LogP contribution in [-0.2, 0) is 11.3 Å². The monoisotopic (exact) mass is 365 g/mol. The van der Waals surface area contributed by atoms with Crippen molar-refractivity contribution in [3.8, 4) is 11.4 Å². The topological polar surface area (TPSA) is 74.2 Å². The maximum absolute atomic E-state index is 6.27. The third kappa shape index (κ3) is 5.03. The molecule has 2 aromatic rings. The molecule has 0 spiro atoms. The summed E-state index contributed by atoms with van der Waals surface area (Å²) in [5.74, 6) is 1.92. The van der Waals surface area contributed by atoms with Gasteiger partial charge in [0.1, 0.15) is 6.10 Å². The highest BCUT2D eigenvalue weighted by molar-refractivity contribution is 5.85. The number of ether oxygens (including phenoxy) is 1. The Morgan fingerprint density at radius 2 is 2.04 bits per heavy atom. The summed E-state index contributed by atoms with van der Waals surface area (Å²) >= 11 is 0. The minimum Gasteiger partial charge on any atom is -0.365 e. The fourth-order valence-electron chi connectivity index (χ4n) is 3.34. The van der Waals surface area contributed by atoms with Gasteiger partial charge in [0.15, 0.2) is 0 Å². The molecule has 0 amide bonds. The van der Waals surface area contributed by atoms with E-state index in [4.69, 9.17) is 15.0 Å². The predicted octanol–water partition coefficient (Wildman–Crippen LogP) is 4.66. The second kappa shape index (κ2) is 9.32. The maximum atomic E-state index is 6.27. The molecule has 3 rings (SSSR count). The van der Waals surface area contributed by atoms with Crippen molar-refractivity contribution in [1.29, 1.82) is 0 Å². The maximum Gasteiger partial charge on any atom is 0.256 e. The zero-order valence-corrected chi connectivity index (χ0v) is 15.8. The number of nitrogens with zero attached hydrogens (tertiary/aromatic N) is 2. The first-order chi connectivity index (χ1) is 11.7. The van der Waals surface area contributed by atoms with Gasteiger partial charge in [-0.05, 0) is 30.7 Å². The average molecular weight is 366 g/mol. The van der Waals surface area contributed by atoms with Gasteiger partial charge in [-0.3, -0.25) is 0 Å². The molecule has 3 atom stereocenters. The van der Waals surface area contributed by atoms with Gasteiger partial charge in [-0.2, -0.15) is 4.98 Å². The van der Waals surface area contributed by atoms with E-state index in [0.29, 0.717) is 24.4 Å². The third-order valence-electron chi connectivity index (χ3n) is 4.78. The Labute approximate surface area is 155 Å². The number of nitrogens with two attached hydrogens (primary N) is 1. The van der Waals surface area contributed by atoms with Gasteiger partial charge in [0, 0.05) is 12.1 Å². The standard InChI is InChI=1S/C19H27N3O2.ClH/c1-3-17(23-16-6-4-5-13(2)11-16)19-21-18(22-24-19)15-9-7-14(12-20)8-10-15;/h7-10,13,16-17H,3-6,11-12,20H2,1-2H3;1H. The van der Waals surface area contributed by atoms with E-state index in [1.807, 2.05) is 24.3 Å². The lowest BCUT2D eigenvalue weighted by Crippen LogP contribution is -2.23. The van der Waals surface area contributed by atoms with E-state index in [9.17, 15) is 0 Å². The van der Waals surface area contributed by atoms with Crippen molar-refractivity contribution in [1.82, 2.24) is 10.1 Å². The average Bonchev–Trinajstić information content (AvgIpc) is 3.10. The summed E-state index contributed by atoms with van der Waals surface area (Å²) in [5.41, 5.74) is 7.65. The van der Waals surface area contributed by atoms with Gasteiger partial charge in [0.05, 0.1) is 6.10 Å². The molecule has 25 heavy (non-hydrogen) atoms. The van der Waals surface area contributed by atoms with E-state index in [2.05, 4.69) is 24.0 Å². The van der Waals surface area contributed by atoms with Gasteiger partial charge in [-0.1, -0.05) is 56.1 Å². The van der Waals surface area contributed by atoms with E-state index in [1.54, 1.807) is 0 Å². The molecule has 0 saturated heterocycles. The van der Waals surface area contributed by atoms with E-state index in [1.165, 1.54) is 12.8 Å². The highest BCUT2D eigenvalue weighted by Gasteiger charge is 2.26. The number of hydrogen-bond acceptors (Lipinski definition) is 5. The fourth-order valence-corrected chi connectivity index (χ4v) is 3.34. The largest absolute Gasteiger partial charge is 0.365 e. The highest BCUT2D eigenvalue weighted by Crippen LogP contribution is 2.31. The van der Waals surface area contributed by atoms with Crippen LogP contribution in [0.5, 0.6) is 0 Å². The van der Waals surface area contributed by atoms with Crippen molar-refractivity contribution in [2.75, 3.05) is 0 Å². The van der Waals surface area contributed by atoms with Crippen LogP contribution in [0.1, 0.15) is 63.5 Å². The van der Waals surface area contributed by atoms with Crippen LogP contribution in [0.3, 0.4) is 0 Å². The summed E-state index contributed by atoms with van der Waals surface area (Å²) in [6, 6.07) is 7.92. The van der Waals surface area contributed by atoms with Crippen molar-refractivity contribution < 1.29 is 9.26 Å². The molecule has 0 aliphatic heterocycles. The second-order valence-electron chi connectivity index (χ2n) is 6.78. The zero-order chi connectivity index (χ0) is 16.9. The molecule has 2 N–H and O–H groups in total. The van der Waals surface area contributed by atoms with Crippen LogP contribution >= 0.6 is 12.4 Å². The summed E-state index contributed by atoms with van der Waals surface area (Å²) in [5, 5.41) is 4.12. The van der Waals surface area contributed by atoms with Crippen LogP contribution in [0, 0.1) is 5.92 Å². The Morgan fingerprint density at radius 3 is 2.68 bits per heavy atom. The van der Waals surface area contributed by atoms with Gasteiger partial charge in [0.2, 0.25) is 5.82 Å². The Hall–Kier alpha value is -1.43. The predicted molar refractivity (Wildman–Crippen MR) is 100 cm³/mol. The molecule has 1 heterocycles. The van der Waals surface area contributed by atoms with Crippen molar-refractivity contribution in [3.05, 3.63) is 35.7 Å². The SMILES string of the molecule is CCC(OC1CCCC(C)C1)c1nc(-c2ccc(CN)cc2)no1.Cl. The first-order valence-corrected chi connectivity index (χ1v) is 8.98. The number of hydrogen-bond donors (Lipinski definition) is 1. The molecule has 1 aromatic carbocycles. The molecule has 1 aliphatic carbocycles. The minimum absolute atomic E-state index is 0. The molecule has 5 nitrogen and oxygen atoms in total. The van der Waals surface area contributed by atoms with Crippen LogP contribution in [0.4, 0.5) is 0 Å². The van der Waals surface area contributed by atoms with Crippen LogP contribution < -0.4 is 5.73 Å². The van der Waals surface area contributed by atoms with Crippen LogP contribution in [-0.4, -0.2) is 16.2 Å². The molecule has 6 heteroatoms. The van der Waals surface area contributed by atoms with E-state index in [0.717, 1.165) is 36.3 Å². The molecule has 1 aromatic heterocycles. The molecule has 1 aliphatic rings. The number of aromatic nitrogens is 2. The fraction of sp³-hybridized carbons (Fsp3) is 0.579. The van der Waals surface area contributed by atoms with E-state index >= 15 is 0 Å². The van der Waals surface area contributed by atoms with E-state index in [-0.39, 0.29) is 18.5 Å². The van der Waals surface area contributed by atoms with Gasteiger partial charge in [-0.15, -0.1) is 12.4 Å². The first kappa shape index (κ1) is 19.9. The van der Waals surface area contributed by atoms with Gasteiger partial charge in [-0.25, -0.2) is 0 Å². The first-order valence-electron chi connectivity index (χ1n) is 8.98. The Kier molecular flexibility index (Phi) is 7.41. The Balaban J connectivity index is 0.00000225. The third-order valence-corrected chi connectivity index (χ3v) is 4.78. The lowest BCUT2D eigenvalue weighted by Gasteiger charge is -2.29. The quantitative estimate of drug-likeness (QED) is 0.805. The minimum atomic E-state index is -0.120. The number of rotatable bonds is 6. The summed E-state index contributed by atoms with van der Waals surface area (Å²) in [4.78, 5) is 4.56. The lowest BCUT2D eigenvalue weighted by molar-refractivity contribution is -0.0547. The molecule has 1 fully saturated rings. The summed E-state index contributed by atoms with van der Waals surface area (Å²) in [6.07, 6.45) is 5.81. The molecule has 1 saturated carbocycles. The molecular formula is C19H28ClN3O2. The number of benzene rings is 1. The molecule has 138 valence electrons. The smallest absolute Gasteiger partial charge is 0.256 e. The molecule has 0 radical (unpaired) electrons.